The molecule has 0 bridgehead atoms. The van der Waals surface area contributed by atoms with Crippen molar-refractivity contribution < 1.29 is 18.3 Å². The van der Waals surface area contributed by atoms with Crippen LogP contribution in [0, 0.1) is 35.3 Å². The van der Waals surface area contributed by atoms with E-state index in [4.69, 9.17) is 9.47 Å². The van der Waals surface area contributed by atoms with E-state index >= 15 is 0 Å². The summed E-state index contributed by atoms with van der Waals surface area (Å²) in [6.45, 7) is 8.01. The molecule has 2 aliphatic carbocycles. The van der Waals surface area contributed by atoms with Gasteiger partial charge in [0, 0.05) is 0 Å². The molecule has 0 atom stereocenters. The molecule has 2 fully saturated rings. The Morgan fingerprint density at radius 3 is 1.89 bits per heavy atom. The summed E-state index contributed by atoms with van der Waals surface area (Å²) in [5, 5.41) is 0. The number of hydrogen-bond acceptors (Lipinski definition) is 2. The Bertz CT molecular complexity index is 657. The molecule has 4 heteroatoms. The van der Waals surface area contributed by atoms with E-state index in [9.17, 15) is 8.78 Å². The third-order valence-corrected chi connectivity index (χ3v) is 6.55. The van der Waals surface area contributed by atoms with E-state index in [1.165, 1.54) is 56.7 Å². The molecule has 0 unspecified atom stereocenters. The smallest absolute Gasteiger partial charge is 0.204 e. The van der Waals surface area contributed by atoms with Crippen LogP contribution in [0.3, 0.4) is 0 Å². The van der Waals surface area contributed by atoms with Crippen molar-refractivity contribution in [2.75, 3.05) is 13.2 Å². The van der Waals surface area contributed by atoms with Gasteiger partial charge in [-0.1, -0.05) is 18.7 Å². The molecule has 3 rings (SSSR count). The Labute approximate surface area is 167 Å². The van der Waals surface area contributed by atoms with Gasteiger partial charge in [-0.25, -0.2) is 0 Å². The maximum absolute atomic E-state index is 14.2. The molecule has 0 saturated heterocycles. The maximum atomic E-state index is 14.2. The van der Waals surface area contributed by atoms with Gasteiger partial charge in [0.05, 0.1) is 6.61 Å². The van der Waals surface area contributed by atoms with Gasteiger partial charge in [0.15, 0.2) is 11.5 Å². The Morgan fingerprint density at radius 1 is 0.821 bits per heavy atom. The highest BCUT2D eigenvalue weighted by Crippen LogP contribution is 2.41. The lowest BCUT2D eigenvalue weighted by Gasteiger charge is -2.37. The summed E-state index contributed by atoms with van der Waals surface area (Å²) in [6, 6.07) is 2.86. The predicted octanol–water partition coefficient (Wildman–Crippen LogP) is 6.71. The number of hydrogen-bond donors (Lipinski definition) is 0. The van der Waals surface area contributed by atoms with Gasteiger partial charge in [0.2, 0.25) is 11.6 Å². The molecule has 28 heavy (non-hydrogen) atoms. The fourth-order valence-electron chi connectivity index (χ4n) is 4.77. The average Bonchev–Trinajstić information content (AvgIpc) is 2.74. The topological polar surface area (TPSA) is 18.5 Å². The third-order valence-electron chi connectivity index (χ3n) is 6.55. The third kappa shape index (κ3) is 5.15. The highest BCUT2D eigenvalue weighted by molar-refractivity contribution is 5.35. The second-order valence-corrected chi connectivity index (χ2v) is 8.29. The fourth-order valence-corrected chi connectivity index (χ4v) is 4.77. The Balaban J connectivity index is 1.45. The molecule has 2 saturated carbocycles. The number of benzene rings is 1. The van der Waals surface area contributed by atoms with Gasteiger partial charge >= 0.3 is 0 Å². The SMILES string of the molecule is C=CCOc1ccc(OCC2CCC(C3CCC(C=C)CC3)CC2)c(F)c1F. The summed E-state index contributed by atoms with van der Waals surface area (Å²) in [5.41, 5.74) is 0. The van der Waals surface area contributed by atoms with Gasteiger partial charge < -0.3 is 9.47 Å². The van der Waals surface area contributed by atoms with E-state index in [2.05, 4.69) is 19.2 Å². The first-order chi connectivity index (χ1) is 13.6. The van der Waals surface area contributed by atoms with Crippen LogP contribution in [-0.2, 0) is 0 Å². The van der Waals surface area contributed by atoms with Crippen molar-refractivity contribution in [2.24, 2.45) is 23.7 Å². The number of rotatable bonds is 8. The monoisotopic (exact) mass is 390 g/mol. The van der Waals surface area contributed by atoms with Gasteiger partial charge in [-0.3, -0.25) is 0 Å². The molecule has 0 aromatic heterocycles. The Kier molecular flexibility index (Phi) is 7.52. The van der Waals surface area contributed by atoms with Crippen LogP contribution in [0.15, 0.2) is 37.4 Å². The molecule has 1 aromatic carbocycles. The highest BCUT2D eigenvalue weighted by atomic mass is 19.2. The predicted molar refractivity (Wildman–Crippen MR) is 109 cm³/mol. The summed E-state index contributed by atoms with van der Waals surface area (Å²) >= 11 is 0. The van der Waals surface area contributed by atoms with Crippen molar-refractivity contribution in [3.8, 4) is 11.5 Å². The lowest BCUT2D eigenvalue weighted by atomic mass is 9.69. The number of allylic oxidation sites excluding steroid dienone is 1. The van der Waals surface area contributed by atoms with E-state index in [1.807, 2.05) is 0 Å². The normalized spacial score (nSPS) is 27.8. The van der Waals surface area contributed by atoms with Gasteiger partial charge in [-0.15, -0.1) is 6.58 Å². The maximum Gasteiger partial charge on any atom is 0.204 e. The van der Waals surface area contributed by atoms with E-state index < -0.39 is 11.6 Å². The number of ether oxygens (including phenoxy) is 2. The molecule has 0 aliphatic heterocycles. The van der Waals surface area contributed by atoms with Crippen molar-refractivity contribution >= 4 is 0 Å². The van der Waals surface area contributed by atoms with Crippen LogP contribution in [0.25, 0.3) is 0 Å². The minimum atomic E-state index is -1.00. The van der Waals surface area contributed by atoms with Gasteiger partial charge in [0.25, 0.3) is 0 Å². The Hall–Kier alpha value is -1.84. The molecule has 0 radical (unpaired) electrons. The highest BCUT2D eigenvalue weighted by Gasteiger charge is 2.30. The van der Waals surface area contributed by atoms with Crippen molar-refractivity contribution in [3.05, 3.63) is 49.1 Å². The molecule has 0 heterocycles. The molecule has 2 aliphatic rings. The number of halogens is 2. The molecular weight excluding hydrogens is 358 g/mol. The summed E-state index contributed by atoms with van der Waals surface area (Å²) in [4.78, 5) is 0. The van der Waals surface area contributed by atoms with Gasteiger partial charge in [-0.05, 0) is 87.2 Å². The van der Waals surface area contributed by atoms with E-state index in [1.54, 1.807) is 0 Å². The van der Waals surface area contributed by atoms with E-state index in [0.717, 1.165) is 24.7 Å². The van der Waals surface area contributed by atoms with Crippen LogP contribution in [0.1, 0.15) is 51.4 Å². The second kappa shape index (κ2) is 10.1. The first-order valence-electron chi connectivity index (χ1n) is 10.6. The van der Waals surface area contributed by atoms with Crippen molar-refractivity contribution in [2.45, 2.75) is 51.4 Å². The molecular formula is C24H32F2O2. The van der Waals surface area contributed by atoms with Crippen LogP contribution in [0.4, 0.5) is 8.78 Å². The van der Waals surface area contributed by atoms with Crippen molar-refractivity contribution in [1.82, 2.24) is 0 Å². The van der Waals surface area contributed by atoms with Crippen molar-refractivity contribution in [3.63, 3.8) is 0 Å². The first kappa shape index (κ1) is 20.9. The Morgan fingerprint density at radius 2 is 1.36 bits per heavy atom. The lowest BCUT2D eigenvalue weighted by molar-refractivity contribution is 0.127. The van der Waals surface area contributed by atoms with Gasteiger partial charge in [0.1, 0.15) is 6.61 Å². The first-order valence-corrected chi connectivity index (χ1v) is 10.6. The van der Waals surface area contributed by atoms with Crippen LogP contribution < -0.4 is 9.47 Å². The van der Waals surface area contributed by atoms with Crippen molar-refractivity contribution in [1.29, 1.82) is 0 Å². The molecule has 0 N–H and O–H groups in total. The molecule has 0 amide bonds. The van der Waals surface area contributed by atoms with Gasteiger partial charge in [-0.2, -0.15) is 8.78 Å². The summed E-state index contributed by atoms with van der Waals surface area (Å²) < 4.78 is 39.0. The fraction of sp³-hybridized carbons (Fsp3) is 0.583. The van der Waals surface area contributed by atoms with E-state index in [-0.39, 0.29) is 18.1 Å². The zero-order chi connectivity index (χ0) is 19.9. The zero-order valence-corrected chi connectivity index (χ0v) is 16.7. The quantitative estimate of drug-likeness (QED) is 0.459. The molecule has 1 aromatic rings. The zero-order valence-electron chi connectivity index (χ0n) is 16.7. The molecule has 2 nitrogen and oxygen atoms in total. The van der Waals surface area contributed by atoms with Crippen LogP contribution in [0.2, 0.25) is 0 Å². The summed E-state index contributed by atoms with van der Waals surface area (Å²) in [6.07, 6.45) is 13.5. The lowest BCUT2D eigenvalue weighted by Crippen LogP contribution is -2.27. The largest absolute Gasteiger partial charge is 0.490 e. The van der Waals surface area contributed by atoms with Crippen LogP contribution in [-0.4, -0.2) is 13.2 Å². The summed E-state index contributed by atoms with van der Waals surface area (Å²) in [5.74, 6) is 0.673. The molecule has 0 spiro atoms. The second-order valence-electron chi connectivity index (χ2n) is 8.29. The van der Waals surface area contributed by atoms with Crippen LogP contribution >= 0.6 is 0 Å². The van der Waals surface area contributed by atoms with E-state index in [0.29, 0.717) is 18.4 Å². The summed E-state index contributed by atoms with van der Waals surface area (Å²) in [7, 11) is 0. The minimum absolute atomic E-state index is 0.0340. The molecule has 154 valence electrons. The van der Waals surface area contributed by atoms with Crippen LogP contribution in [0.5, 0.6) is 11.5 Å². The minimum Gasteiger partial charge on any atom is -0.490 e. The average molecular weight is 391 g/mol. The standard InChI is InChI=1S/C24H32F2O2/c1-3-15-27-21-13-14-22(24(26)23(21)25)28-16-18-7-11-20(12-8-18)19-9-5-17(4-2)6-10-19/h3-4,13-14,17-20H,1-2,5-12,15-16H2.